The van der Waals surface area contributed by atoms with Crippen LogP contribution < -0.4 is 16.1 Å². The maximum Gasteiger partial charge on any atom is 0.344 e. The Morgan fingerprint density at radius 2 is 2.00 bits per heavy atom. The third kappa shape index (κ3) is 4.26. The Morgan fingerprint density at radius 3 is 2.64 bits per heavy atom. The normalized spacial score (nSPS) is 25.7. The zero-order valence-electron chi connectivity index (χ0n) is 15.9. The van der Waals surface area contributed by atoms with Crippen LogP contribution in [-0.2, 0) is 9.59 Å². The second-order valence-corrected chi connectivity index (χ2v) is 8.48. The van der Waals surface area contributed by atoms with Crippen molar-refractivity contribution in [1.29, 1.82) is 0 Å². The Labute approximate surface area is 174 Å². The summed E-state index contributed by atoms with van der Waals surface area (Å²) < 4.78 is 0. The van der Waals surface area contributed by atoms with Crippen LogP contribution in [-0.4, -0.2) is 34.9 Å². The van der Waals surface area contributed by atoms with E-state index >= 15 is 0 Å². The summed E-state index contributed by atoms with van der Waals surface area (Å²) in [4.78, 5) is 37.3. The topological polar surface area (TPSA) is 90.5 Å². The van der Waals surface area contributed by atoms with Gasteiger partial charge in [-0.05, 0) is 56.2 Å². The van der Waals surface area contributed by atoms with Gasteiger partial charge in [0, 0.05) is 16.1 Å². The zero-order valence-corrected chi connectivity index (χ0v) is 17.4. The molecule has 1 aliphatic carbocycles. The summed E-state index contributed by atoms with van der Waals surface area (Å²) in [5.41, 5.74) is 2.32. The first-order valence-corrected chi connectivity index (χ1v) is 10.1. The van der Waals surface area contributed by atoms with Gasteiger partial charge >= 0.3 is 6.03 Å². The van der Waals surface area contributed by atoms with Crippen molar-refractivity contribution in [2.45, 2.75) is 51.1 Å². The minimum Gasteiger partial charge on any atom is -0.322 e. The average Bonchev–Trinajstić information content (AvgIpc) is 2.86. The largest absolute Gasteiger partial charge is 0.344 e. The third-order valence-corrected chi connectivity index (χ3v) is 6.09. The van der Waals surface area contributed by atoms with Crippen LogP contribution in [0.2, 0.25) is 10.0 Å². The van der Waals surface area contributed by atoms with Crippen molar-refractivity contribution in [3.8, 4) is 0 Å². The third-order valence-electron chi connectivity index (χ3n) is 5.52. The lowest BCUT2D eigenvalue weighted by atomic mass is 9.77. The summed E-state index contributed by atoms with van der Waals surface area (Å²) in [6.07, 6.45) is 2.92. The van der Waals surface area contributed by atoms with Crippen LogP contribution in [0.4, 0.5) is 4.79 Å². The van der Waals surface area contributed by atoms with Crippen molar-refractivity contribution in [3.63, 3.8) is 0 Å². The Kier molecular flexibility index (Phi) is 6.17. The number of hydrogen-bond donors (Lipinski definition) is 3. The van der Waals surface area contributed by atoms with Crippen molar-refractivity contribution in [1.82, 2.24) is 21.1 Å². The number of hydrogen-bond acceptors (Lipinski definition) is 4. The van der Waals surface area contributed by atoms with Crippen molar-refractivity contribution >= 4 is 41.0 Å². The number of rotatable bonds is 5. The molecule has 0 aromatic heterocycles. The molecule has 2 fully saturated rings. The number of carbonyl (C=O) groups excluding carboxylic acids is 3. The molecular formula is C19H24Cl2N4O3. The van der Waals surface area contributed by atoms with E-state index in [0.717, 1.165) is 23.4 Å². The monoisotopic (exact) mass is 426 g/mol. The molecule has 1 saturated carbocycles. The lowest BCUT2D eigenvalue weighted by molar-refractivity contribution is -0.139. The first-order valence-electron chi connectivity index (χ1n) is 9.36. The first-order chi connectivity index (χ1) is 13.2. The number of carbonyl (C=O) groups is 3. The second-order valence-electron chi connectivity index (χ2n) is 7.64. The van der Waals surface area contributed by atoms with Crippen molar-refractivity contribution in [3.05, 3.63) is 33.8 Å². The van der Waals surface area contributed by atoms with Gasteiger partial charge in [0.1, 0.15) is 5.54 Å². The van der Waals surface area contributed by atoms with Gasteiger partial charge in [-0.25, -0.2) is 4.79 Å². The Morgan fingerprint density at radius 1 is 1.32 bits per heavy atom. The molecule has 152 valence electrons. The lowest BCUT2D eigenvalue weighted by Gasteiger charge is -2.33. The molecule has 2 aliphatic rings. The smallest absolute Gasteiger partial charge is 0.322 e. The molecule has 3 N–H and O–H groups in total. The summed E-state index contributed by atoms with van der Waals surface area (Å²) in [5.74, 6) is -0.336. The first kappa shape index (κ1) is 20.9. The number of benzene rings is 1. The fourth-order valence-electron chi connectivity index (χ4n) is 3.69. The summed E-state index contributed by atoms with van der Waals surface area (Å²) in [6, 6.07) is 4.34. The van der Waals surface area contributed by atoms with Crippen LogP contribution in [0.5, 0.6) is 0 Å². The SMILES string of the molecule is CC1CCC2(CC1)NC(=O)N(NC(=O)CNC(C)c1ccc(Cl)cc1Cl)C2=O. The van der Waals surface area contributed by atoms with Crippen molar-refractivity contribution in [2.75, 3.05) is 6.54 Å². The predicted octanol–water partition coefficient (Wildman–Crippen LogP) is 3.18. The summed E-state index contributed by atoms with van der Waals surface area (Å²) in [6.45, 7) is 3.91. The number of nitrogens with one attached hydrogen (secondary N) is 3. The van der Waals surface area contributed by atoms with E-state index in [9.17, 15) is 14.4 Å². The molecule has 1 spiro atoms. The highest BCUT2D eigenvalue weighted by Crippen LogP contribution is 2.35. The number of imide groups is 1. The van der Waals surface area contributed by atoms with E-state index < -0.39 is 17.5 Å². The van der Waals surface area contributed by atoms with Crippen LogP contribution in [0.15, 0.2) is 18.2 Å². The molecule has 9 heteroatoms. The van der Waals surface area contributed by atoms with E-state index in [1.807, 2.05) is 6.92 Å². The Balaban J connectivity index is 1.56. The molecule has 1 unspecified atom stereocenters. The minimum absolute atomic E-state index is 0.0821. The number of urea groups is 1. The van der Waals surface area contributed by atoms with E-state index in [0.29, 0.717) is 28.8 Å². The Bertz CT molecular complexity index is 793. The summed E-state index contributed by atoms with van der Waals surface area (Å²) >= 11 is 12.1. The molecule has 28 heavy (non-hydrogen) atoms. The van der Waals surface area contributed by atoms with E-state index in [-0.39, 0.29) is 18.5 Å². The highest BCUT2D eigenvalue weighted by molar-refractivity contribution is 6.35. The van der Waals surface area contributed by atoms with E-state index in [1.54, 1.807) is 18.2 Å². The van der Waals surface area contributed by atoms with Crippen LogP contribution in [0.1, 0.15) is 51.1 Å². The van der Waals surface area contributed by atoms with E-state index in [2.05, 4.69) is 23.0 Å². The number of amides is 4. The van der Waals surface area contributed by atoms with Gasteiger partial charge in [-0.3, -0.25) is 15.0 Å². The van der Waals surface area contributed by atoms with Gasteiger partial charge in [-0.2, -0.15) is 5.01 Å². The van der Waals surface area contributed by atoms with Gasteiger partial charge in [-0.1, -0.05) is 36.2 Å². The quantitative estimate of drug-likeness (QED) is 0.630. The van der Waals surface area contributed by atoms with Gasteiger partial charge in [-0.15, -0.1) is 0 Å². The van der Waals surface area contributed by atoms with E-state index in [4.69, 9.17) is 23.2 Å². The standard InChI is InChI=1S/C19H24Cl2N4O3/c1-11-5-7-19(8-6-11)17(27)25(18(28)23-19)24-16(26)10-22-12(2)14-4-3-13(20)9-15(14)21/h3-4,9,11-12,22H,5-8,10H2,1-2H3,(H,23,28)(H,24,26). The van der Waals surface area contributed by atoms with E-state index in [1.165, 1.54) is 0 Å². The minimum atomic E-state index is -0.881. The van der Waals surface area contributed by atoms with Crippen molar-refractivity contribution < 1.29 is 14.4 Å². The summed E-state index contributed by atoms with van der Waals surface area (Å²) in [7, 11) is 0. The van der Waals surface area contributed by atoms with Gasteiger partial charge < -0.3 is 10.6 Å². The van der Waals surface area contributed by atoms with Crippen LogP contribution in [0, 0.1) is 5.92 Å². The maximum atomic E-state index is 12.7. The van der Waals surface area contributed by atoms with Crippen LogP contribution >= 0.6 is 23.2 Å². The number of halogens is 2. The molecule has 1 aromatic rings. The molecular weight excluding hydrogens is 403 g/mol. The zero-order chi connectivity index (χ0) is 20.5. The highest BCUT2D eigenvalue weighted by Gasteiger charge is 2.52. The number of nitrogens with zero attached hydrogens (tertiary/aromatic N) is 1. The molecule has 1 saturated heterocycles. The molecule has 4 amide bonds. The van der Waals surface area contributed by atoms with Gasteiger partial charge in [0.2, 0.25) is 0 Å². The lowest BCUT2D eigenvalue weighted by Crippen LogP contribution is -2.52. The molecule has 0 bridgehead atoms. The average molecular weight is 427 g/mol. The fraction of sp³-hybridized carbons (Fsp3) is 0.526. The molecule has 0 radical (unpaired) electrons. The van der Waals surface area contributed by atoms with Crippen molar-refractivity contribution in [2.24, 2.45) is 5.92 Å². The molecule has 3 rings (SSSR count). The molecule has 1 heterocycles. The highest BCUT2D eigenvalue weighted by atomic mass is 35.5. The van der Waals surface area contributed by atoms with Gasteiger partial charge in [0.05, 0.1) is 6.54 Å². The fourth-order valence-corrected chi connectivity index (χ4v) is 4.26. The van der Waals surface area contributed by atoms with Gasteiger partial charge in [0.25, 0.3) is 11.8 Å². The van der Waals surface area contributed by atoms with Crippen LogP contribution in [0.25, 0.3) is 0 Å². The predicted molar refractivity (Wildman–Crippen MR) is 107 cm³/mol. The number of hydrazine groups is 1. The molecule has 1 atom stereocenters. The maximum absolute atomic E-state index is 12.7. The molecule has 7 nitrogen and oxygen atoms in total. The van der Waals surface area contributed by atoms with Crippen LogP contribution in [0.3, 0.4) is 0 Å². The summed E-state index contributed by atoms with van der Waals surface area (Å²) in [5, 5.41) is 7.63. The molecule has 1 aliphatic heterocycles. The Hall–Kier alpha value is -1.83. The van der Waals surface area contributed by atoms with Gasteiger partial charge in [0.15, 0.2) is 0 Å². The second kappa shape index (κ2) is 8.27. The molecule has 1 aromatic carbocycles.